The Balaban J connectivity index is 2.75. The van der Waals surface area contributed by atoms with E-state index < -0.39 is 43.4 Å². The Kier molecular flexibility index (Phi) is 2.63. The summed E-state index contributed by atoms with van der Waals surface area (Å²) in [6.07, 6.45) is 0.878. The van der Waals surface area contributed by atoms with E-state index in [0.717, 1.165) is 6.20 Å². The molecule has 98 valence electrons. The summed E-state index contributed by atoms with van der Waals surface area (Å²) in [6, 6.07) is 0. The minimum Gasteiger partial charge on any atom is -0.358 e. The van der Waals surface area contributed by atoms with Gasteiger partial charge in [-0.2, -0.15) is 0 Å². The molecule has 2 aromatic rings. The smallest absolute Gasteiger partial charge is 0.358 e. The van der Waals surface area contributed by atoms with Crippen LogP contribution in [-0.4, -0.2) is 35.2 Å². The molecule has 0 aromatic carbocycles. The van der Waals surface area contributed by atoms with Crippen molar-refractivity contribution in [2.75, 3.05) is 0 Å². The zero-order chi connectivity index (χ0) is 14.2. The van der Waals surface area contributed by atoms with Gasteiger partial charge in [0.2, 0.25) is 0 Å². The summed E-state index contributed by atoms with van der Waals surface area (Å²) in [5, 5.41) is 42.5. The summed E-state index contributed by atoms with van der Waals surface area (Å²) in [5.74, 6) is -2.42. The van der Waals surface area contributed by atoms with Gasteiger partial charge in [0.25, 0.3) is 0 Å². The standard InChI is InChI=1S/C6H3N7O6/c14-11(15)4-2(1-7-8-4)3-5(12(16)17)9-10-6(3)13(18)19/h1H,(H,7,8)(H,9,10). The van der Waals surface area contributed by atoms with Crippen molar-refractivity contribution in [3.8, 4) is 11.1 Å². The molecule has 13 nitrogen and oxygen atoms in total. The summed E-state index contributed by atoms with van der Waals surface area (Å²) in [6.45, 7) is 0. The van der Waals surface area contributed by atoms with Gasteiger partial charge >= 0.3 is 17.5 Å². The van der Waals surface area contributed by atoms with Crippen LogP contribution in [-0.2, 0) is 0 Å². The Bertz CT molecular complexity index is 655. The average molecular weight is 269 g/mol. The lowest BCUT2D eigenvalue weighted by atomic mass is 10.1. The number of rotatable bonds is 4. The number of hydrogen-bond acceptors (Lipinski definition) is 8. The summed E-state index contributed by atoms with van der Waals surface area (Å²) in [5.41, 5.74) is -0.993. The van der Waals surface area contributed by atoms with Crippen LogP contribution >= 0.6 is 0 Å². The van der Waals surface area contributed by atoms with Gasteiger partial charge < -0.3 is 30.3 Å². The molecule has 2 heterocycles. The minimum atomic E-state index is -0.991. The highest BCUT2D eigenvalue weighted by Gasteiger charge is 2.37. The lowest BCUT2D eigenvalue weighted by Crippen LogP contribution is -1.96. The molecule has 0 bridgehead atoms. The molecule has 0 unspecified atom stereocenters. The van der Waals surface area contributed by atoms with Gasteiger partial charge in [-0.25, -0.2) is 0 Å². The summed E-state index contributed by atoms with van der Waals surface area (Å²) < 4.78 is 0. The fourth-order valence-corrected chi connectivity index (χ4v) is 1.44. The van der Waals surface area contributed by atoms with Crippen LogP contribution in [0.2, 0.25) is 0 Å². The largest absolute Gasteiger partial charge is 0.428 e. The van der Waals surface area contributed by atoms with Crippen molar-refractivity contribution in [1.29, 1.82) is 0 Å². The van der Waals surface area contributed by atoms with Crippen molar-refractivity contribution < 1.29 is 14.8 Å². The lowest BCUT2D eigenvalue weighted by molar-refractivity contribution is -0.394. The van der Waals surface area contributed by atoms with Crippen molar-refractivity contribution in [2.45, 2.75) is 0 Å². The lowest BCUT2D eigenvalue weighted by Gasteiger charge is -1.96. The Morgan fingerprint density at radius 2 is 1.58 bits per heavy atom. The second-order valence-corrected chi connectivity index (χ2v) is 3.17. The molecule has 2 aromatic heterocycles. The number of nitro groups is 3. The SMILES string of the molecule is O=[N+]([O-])c1n[nH]c([N+](=O)[O-])c1-c1cn[nH]c1[N+](=O)[O-]. The van der Waals surface area contributed by atoms with Gasteiger partial charge in [-0.3, -0.25) is 0 Å². The van der Waals surface area contributed by atoms with Crippen LogP contribution in [0, 0.1) is 30.3 Å². The highest BCUT2D eigenvalue weighted by atomic mass is 16.6. The predicted octanol–water partition coefficient (Wildman–Crippen LogP) is 0.524. The number of nitrogens with zero attached hydrogens (tertiary/aromatic N) is 5. The molecule has 0 saturated carbocycles. The number of aromatic nitrogens is 4. The second-order valence-electron chi connectivity index (χ2n) is 3.17. The Morgan fingerprint density at radius 1 is 0.947 bits per heavy atom. The van der Waals surface area contributed by atoms with E-state index in [-0.39, 0.29) is 0 Å². The van der Waals surface area contributed by atoms with Gasteiger partial charge in [0.1, 0.15) is 10.7 Å². The van der Waals surface area contributed by atoms with Crippen LogP contribution in [0.5, 0.6) is 0 Å². The van der Waals surface area contributed by atoms with Crippen molar-refractivity contribution in [3.05, 3.63) is 36.5 Å². The van der Waals surface area contributed by atoms with E-state index in [9.17, 15) is 30.3 Å². The Labute approximate surface area is 101 Å². The van der Waals surface area contributed by atoms with Gasteiger partial charge in [-0.05, 0) is 19.9 Å². The molecule has 0 atom stereocenters. The average Bonchev–Trinajstić information content (AvgIpc) is 2.94. The monoisotopic (exact) mass is 269 g/mol. The van der Waals surface area contributed by atoms with E-state index >= 15 is 0 Å². The van der Waals surface area contributed by atoms with Crippen molar-refractivity contribution in [2.24, 2.45) is 0 Å². The highest BCUT2D eigenvalue weighted by Crippen LogP contribution is 2.39. The predicted molar refractivity (Wildman–Crippen MR) is 56.1 cm³/mol. The molecule has 19 heavy (non-hydrogen) atoms. The van der Waals surface area contributed by atoms with Crippen LogP contribution < -0.4 is 0 Å². The first-order valence-corrected chi connectivity index (χ1v) is 4.48. The molecule has 0 aliphatic heterocycles. The van der Waals surface area contributed by atoms with Crippen molar-refractivity contribution >= 4 is 17.5 Å². The van der Waals surface area contributed by atoms with Gasteiger partial charge in [0, 0.05) is 0 Å². The summed E-state index contributed by atoms with van der Waals surface area (Å²) >= 11 is 0. The fraction of sp³-hybridized carbons (Fsp3) is 0. The first-order valence-electron chi connectivity index (χ1n) is 4.48. The van der Waals surface area contributed by atoms with Gasteiger partial charge in [-0.1, -0.05) is 5.10 Å². The van der Waals surface area contributed by atoms with Gasteiger partial charge in [0.05, 0.1) is 6.20 Å². The van der Waals surface area contributed by atoms with E-state index in [0.29, 0.717) is 0 Å². The van der Waals surface area contributed by atoms with Crippen molar-refractivity contribution in [1.82, 2.24) is 20.4 Å². The van der Waals surface area contributed by atoms with Gasteiger partial charge in [0.15, 0.2) is 5.56 Å². The second kappa shape index (κ2) is 4.13. The third-order valence-electron chi connectivity index (χ3n) is 2.15. The van der Waals surface area contributed by atoms with Crippen LogP contribution in [0.4, 0.5) is 17.5 Å². The molecule has 0 aliphatic carbocycles. The van der Waals surface area contributed by atoms with E-state index in [1.54, 1.807) is 0 Å². The molecule has 0 saturated heterocycles. The molecule has 2 N–H and O–H groups in total. The zero-order valence-electron chi connectivity index (χ0n) is 8.76. The number of H-pyrrole nitrogens is 2. The number of hydrogen-bond donors (Lipinski definition) is 2. The molecule has 0 amide bonds. The maximum Gasteiger partial charge on any atom is 0.428 e. The number of aromatic amines is 2. The van der Waals surface area contributed by atoms with Crippen LogP contribution in [0.15, 0.2) is 6.20 Å². The maximum absolute atomic E-state index is 10.7. The molecule has 2 rings (SSSR count). The maximum atomic E-state index is 10.7. The van der Waals surface area contributed by atoms with Crippen LogP contribution in [0.1, 0.15) is 0 Å². The summed E-state index contributed by atoms with van der Waals surface area (Å²) in [7, 11) is 0. The highest BCUT2D eigenvalue weighted by molar-refractivity contribution is 5.83. The van der Waals surface area contributed by atoms with Crippen LogP contribution in [0.3, 0.4) is 0 Å². The quantitative estimate of drug-likeness (QED) is 0.593. The Morgan fingerprint density at radius 3 is 2.11 bits per heavy atom. The molecular formula is C6H3N7O6. The molecule has 13 heteroatoms. The molecule has 0 aliphatic rings. The first kappa shape index (κ1) is 12.1. The van der Waals surface area contributed by atoms with E-state index in [2.05, 4.69) is 10.2 Å². The molecular weight excluding hydrogens is 266 g/mol. The summed E-state index contributed by atoms with van der Waals surface area (Å²) in [4.78, 5) is 29.3. The molecule has 0 fully saturated rings. The zero-order valence-corrected chi connectivity index (χ0v) is 8.76. The fourth-order valence-electron chi connectivity index (χ4n) is 1.44. The molecule has 0 radical (unpaired) electrons. The van der Waals surface area contributed by atoms with E-state index in [1.165, 1.54) is 0 Å². The van der Waals surface area contributed by atoms with E-state index in [1.807, 2.05) is 10.2 Å². The third-order valence-corrected chi connectivity index (χ3v) is 2.15. The van der Waals surface area contributed by atoms with Crippen molar-refractivity contribution in [3.63, 3.8) is 0 Å². The topological polar surface area (TPSA) is 187 Å². The third kappa shape index (κ3) is 1.84. The van der Waals surface area contributed by atoms with E-state index in [4.69, 9.17) is 0 Å². The number of nitrogens with one attached hydrogen (secondary N) is 2. The normalized spacial score (nSPS) is 10.3. The van der Waals surface area contributed by atoms with Gasteiger partial charge in [-0.15, -0.1) is 5.10 Å². The Hall–Kier alpha value is -3.38. The minimum absolute atomic E-state index is 0.392. The van der Waals surface area contributed by atoms with Crippen LogP contribution in [0.25, 0.3) is 11.1 Å². The first-order chi connectivity index (χ1) is 8.93. The molecule has 0 spiro atoms.